The van der Waals surface area contributed by atoms with E-state index >= 15 is 0 Å². The number of nitrogens with one attached hydrogen (secondary N) is 2. The highest BCUT2D eigenvalue weighted by atomic mass is 16.3. The standard InChI is InChI=1S/C22H43BN2O4/c1-21(2,3)16-22(4,5)20(29)25-18(11-6-8-12-23)19(28)24-13-9-7-10-17(14-26)15-27/h17-18,26-27H,6-16H2,1-5H3,(H,24,28)(H,25,29)/t18-/m0/s1. The normalized spacial score (nSPS) is 13.4. The monoisotopic (exact) mass is 410 g/mol. The van der Waals surface area contributed by atoms with Crippen molar-refractivity contribution in [2.24, 2.45) is 16.7 Å². The summed E-state index contributed by atoms with van der Waals surface area (Å²) in [5, 5.41) is 24.0. The number of carbonyl (C=O) groups is 2. The highest BCUT2D eigenvalue weighted by Crippen LogP contribution is 2.33. The van der Waals surface area contributed by atoms with Gasteiger partial charge >= 0.3 is 0 Å². The Labute approximate surface area is 179 Å². The molecule has 0 heterocycles. The van der Waals surface area contributed by atoms with Crippen LogP contribution in [0.3, 0.4) is 0 Å². The van der Waals surface area contributed by atoms with Crippen LogP contribution in [0.15, 0.2) is 0 Å². The van der Waals surface area contributed by atoms with E-state index in [1.807, 2.05) is 13.8 Å². The second-order valence-corrected chi connectivity index (χ2v) is 9.95. The molecule has 0 aliphatic carbocycles. The van der Waals surface area contributed by atoms with Gasteiger partial charge in [0.05, 0.1) is 7.85 Å². The Kier molecular flexibility index (Phi) is 13.5. The zero-order valence-corrected chi connectivity index (χ0v) is 19.2. The molecule has 7 heteroatoms. The molecule has 0 aromatic rings. The van der Waals surface area contributed by atoms with Crippen LogP contribution in [0, 0.1) is 16.7 Å². The van der Waals surface area contributed by atoms with Gasteiger partial charge in [0, 0.05) is 31.1 Å². The summed E-state index contributed by atoms with van der Waals surface area (Å²) in [6, 6.07) is -0.559. The minimum absolute atomic E-state index is 0.0130. The summed E-state index contributed by atoms with van der Waals surface area (Å²) in [5.41, 5.74) is -0.548. The Morgan fingerprint density at radius 3 is 2.03 bits per heavy atom. The van der Waals surface area contributed by atoms with E-state index in [9.17, 15) is 9.59 Å². The summed E-state index contributed by atoms with van der Waals surface area (Å²) in [4.78, 5) is 25.5. The highest BCUT2D eigenvalue weighted by Gasteiger charge is 2.34. The second-order valence-electron chi connectivity index (χ2n) is 9.95. The number of unbranched alkanes of at least 4 members (excludes halogenated alkanes) is 2. The summed E-state index contributed by atoms with van der Waals surface area (Å²) in [6.07, 6.45) is 5.75. The molecular weight excluding hydrogens is 367 g/mol. The number of amides is 2. The Morgan fingerprint density at radius 2 is 1.52 bits per heavy atom. The zero-order chi connectivity index (χ0) is 22.5. The van der Waals surface area contributed by atoms with Crippen molar-refractivity contribution < 1.29 is 19.8 Å². The largest absolute Gasteiger partial charge is 0.396 e. The van der Waals surface area contributed by atoms with E-state index in [-0.39, 0.29) is 36.4 Å². The van der Waals surface area contributed by atoms with Crippen LogP contribution in [-0.4, -0.2) is 55.7 Å². The van der Waals surface area contributed by atoms with Gasteiger partial charge in [-0.1, -0.05) is 60.2 Å². The van der Waals surface area contributed by atoms with Crippen LogP contribution in [-0.2, 0) is 9.59 Å². The first-order valence-electron chi connectivity index (χ1n) is 11.0. The van der Waals surface area contributed by atoms with E-state index in [0.717, 1.165) is 38.5 Å². The molecule has 0 saturated heterocycles. The van der Waals surface area contributed by atoms with E-state index in [0.29, 0.717) is 19.3 Å². The van der Waals surface area contributed by atoms with Crippen molar-refractivity contribution in [3.63, 3.8) is 0 Å². The third-order valence-electron chi connectivity index (χ3n) is 5.01. The molecule has 0 spiro atoms. The summed E-state index contributed by atoms with van der Waals surface area (Å²) < 4.78 is 0. The van der Waals surface area contributed by atoms with Gasteiger partial charge in [-0.3, -0.25) is 9.59 Å². The van der Waals surface area contributed by atoms with Crippen LogP contribution in [0.4, 0.5) is 0 Å². The molecule has 2 amide bonds. The van der Waals surface area contributed by atoms with Gasteiger partial charge in [-0.2, -0.15) is 0 Å². The predicted molar refractivity (Wildman–Crippen MR) is 119 cm³/mol. The topological polar surface area (TPSA) is 98.7 Å². The van der Waals surface area contributed by atoms with Gasteiger partial charge in [0.15, 0.2) is 0 Å². The molecule has 0 fully saturated rings. The molecule has 0 aromatic heterocycles. The average molecular weight is 410 g/mol. The smallest absolute Gasteiger partial charge is 0.242 e. The summed E-state index contributed by atoms with van der Waals surface area (Å²) in [6.45, 7) is 10.6. The van der Waals surface area contributed by atoms with Gasteiger partial charge in [-0.25, -0.2) is 0 Å². The number of hydrogen-bond acceptors (Lipinski definition) is 4. The fourth-order valence-electron chi connectivity index (χ4n) is 3.65. The summed E-state index contributed by atoms with van der Waals surface area (Å²) in [5.74, 6) is -0.365. The van der Waals surface area contributed by atoms with Gasteiger partial charge in [-0.05, 0) is 31.1 Å². The molecule has 0 unspecified atom stereocenters. The molecule has 0 aromatic carbocycles. The maximum absolute atomic E-state index is 12.8. The predicted octanol–water partition coefficient (Wildman–Crippen LogP) is 2.58. The van der Waals surface area contributed by atoms with Gasteiger partial charge in [0.2, 0.25) is 11.8 Å². The Hall–Kier alpha value is -1.08. The van der Waals surface area contributed by atoms with Crippen LogP contribution >= 0.6 is 0 Å². The Balaban J connectivity index is 4.70. The summed E-state index contributed by atoms with van der Waals surface area (Å²) in [7, 11) is 5.57. The number of aliphatic hydroxyl groups excluding tert-OH is 2. The number of aliphatic hydroxyl groups is 2. The third kappa shape index (κ3) is 13.0. The lowest BCUT2D eigenvalue weighted by Gasteiger charge is -2.32. The molecule has 0 saturated carbocycles. The first-order chi connectivity index (χ1) is 13.5. The minimum Gasteiger partial charge on any atom is -0.396 e. The molecule has 1 atom stereocenters. The fraction of sp³-hybridized carbons (Fsp3) is 0.909. The molecule has 2 radical (unpaired) electrons. The lowest BCUT2D eigenvalue weighted by molar-refractivity contribution is -0.135. The van der Waals surface area contributed by atoms with E-state index < -0.39 is 11.5 Å². The molecule has 168 valence electrons. The molecule has 0 aliphatic rings. The third-order valence-corrected chi connectivity index (χ3v) is 5.01. The SMILES string of the molecule is [B]CCCC[C@H](NC(=O)C(C)(C)CC(C)(C)C)C(=O)NCCCCC(CO)CO. The van der Waals surface area contributed by atoms with E-state index in [4.69, 9.17) is 18.1 Å². The molecule has 0 rings (SSSR count). The van der Waals surface area contributed by atoms with Gasteiger partial charge in [0.1, 0.15) is 6.04 Å². The number of hydrogen-bond donors (Lipinski definition) is 4. The van der Waals surface area contributed by atoms with Crippen molar-refractivity contribution in [3.05, 3.63) is 0 Å². The zero-order valence-electron chi connectivity index (χ0n) is 19.2. The van der Waals surface area contributed by atoms with E-state index in [1.165, 1.54) is 0 Å². The first kappa shape index (κ1) is 27.9. The Bertz CT molecular complexity index is 474. The van der Waals surface area contributed by atoms with Gasteiger partial charge in [0.25, 0.3) is 0 Å². The van der Waals surface area contributed by atoms with E-state index in [1.54, 1.807) is 0 Å². The van der Waals surface area contributed by atoms with Crippen LogP contribution in [0.5, 0.6) is 0 Å². The van der Waals surface area contributed by atoms with Crippen molar-refractivity contribution in [2.45, 2.75) is 91.9 Å². The lowest BCUT2D eigenvalue weighted by atomic mass is 9.75. The van der Waals surface area contributed by atoms with E-state index in [2.05, 4.69) is 31.4 Å². The molecule has 0 aliphatic heterocycles. The highest BCUT2D eigenvalue weighted by molar-refractivity contribution is 6.08. The second kappa shape index (κ2) is 14.0. The molecule has 0 bridgehead atoms. The fourth-order valence-corrected chi connectivity index (χ4v) is 3.65. The van der Waals surface area contributed by atoms with Crippen molar-refractivity contribution >= 4 is 19.7 Å². The van der Waals surface area contributed by atoms with Crippen LogP contribution in [0.25, 0.3) is 0 Å². The first-order valence-corrected chi connectivity index (χ1v) is 11.0. The molecular formula is C22H43BN2O4. The Morgan fingerprint density at radius 1 is 0.931 bits per heavy atom. The average Bonchev–Trinajstić information content (AvgIpc) is 2.61. The van der Waals surface area contributed by atoms with Crippen molar-refractivity contribution in [1.29, 1.82) is 0 Å². The van der Waals surface area contributed by atoms with Gasteiger partial charge < -0.3 is 20.8 Å². The van der Waals surface area contributed by atoms with Crippen LogP contribution in [0.2, 0.25) is 6.32 Å². The molecule has 6 nitrogen and oxygen atoms in total. The maximum atomic E-state index is 12.8. The molecule has 4 N–H and O–H groups in total. The number of rotatable bonds is 15. The summed E-state index contributed by atoms with van der Waals surface area (Å²) >= 11 is 0. The van der Waals surface area contributed by atoms with Crippen LogP contribution in [0.1, 0.15) is 79.6 Å². The maximum Gasteiger partial charge on any atom is 0.242 e. The van der Waals surface area contributed by atoms with Crippen molar-refractivity contribution in [2.75, 3.05) is 19.8 Å². The van der Waals surface area contributed by atoms with Crippen molar-refractivity contribution in [1.82, 2.24) is 10.6 Å². The van der Waals surface area contributed by atoms with Crippen LogP contribution < -0.4 is 10.6 Å². The minimum atomic E-state index is -0.561. The van der Waals surface area contributed by atoms with Gasteiger partial charge in [-0.15, -0.1) is 0 Å². The number of carbonyl (C=O) groups excluding carboxylic acids is 2. The molecule has 29 heavy (non-hydrogen) atoms. The van der Waals surface area contributed by atoms with Crippen molar-refractivity contribution in [3.8, 4) is 0 Å². The quantitative estimate of drug-likeness (QED) is 0.246. The lowest BCUT2D eigenvalue weighted by Crippen LogP contribution is -2.51.